The average Bonchev–Trinajstić information content (AvgIpc) is 2.90. The van der Waals surface area contributed by atoms with Gasteiger partial charge in [0.2, 0.25) is 5.75 Å². The Bertz CT molecular complexity index is 991. The lowest BCUT2D eigenvalue weighted by Gasteiger charge is -2.25. The molecule has 0 radical (unpaired) electrons. The molecule has 2 rings (SSSR count). The van der Waals surface area contributed by atoms with E-state index in [0.29, 0.717) is 30.5 Å². The summed E-state index contributed by atoms with van der Waals surface area (Å²) in [5.74, 6) is 3.26. The molecule has 0 spiro atoms. The Labute approximate surface area is 223 Å². The van der Waals surface area contributed by atoms with Crippen LogP contribution in [-0.4, -0.2) is 65.9 Å². The van der Waals surface area contributed by atoms with Crippen LogP contribution in [0.15, 0.2) is 24.3 Å². The molecule has 0 aliphatic rings. The summed E-state index contributed by atoms with van der Waals surface area (Å²) in [5, 5.41) is 0. The van der Waals surface area contributed by atoms with Gasteiger partial charge in [0.1, 0.15) is 6.29 Å². The van der Waals surface area contributed by atoms with Gasteiger partial charge in [-0.05, 0) is 81.9 Å². The van der Waals surface area contributed by atoms with E-state index in [4.69, 9.17) is 23.7 Å². The van der Waals surface area contributed by atoms with E-state index < -0.39 is 0 Å². The van der Waals surface area contributed by atoms with Crippen molar-refractivity contribution in [3.63, 3.8) is 0 Å². The molecule has 1 unspecified atom stereocenters. The quantitative estimate of drug-likeness (QED) is 0.244. The van der Waals surface area contributed by atoms with Crippen molar-refractivity contribution in [3.8, 4) is 28.7 Å². The van der Waals surface area contributed by atoms with E-state index >= 15 is 0 Å². The molecular weight excluding hydrogens is 470 g/mol. The highest BCUT2D eigenvalue weighted by Crippen LogP contribution is 2.47. The van der Waals surface area contributed by atoms with Crippen LogP contribution in [0.25, 0.3) is 0 Å². The number of carbonyl (C=O) groups is 1. The van der Waals surface area contributed by atoms with Crippen LogP contribution < -0.4 is 23.7 Å². The lowest BCUT2D eigenvalue weighted by atomic mass is 9.85. The van der Waals surface area contributed by atoms with Crippen molar-refractivity contribution in [2.45, 2.75) is 58.8 Å². The van der Waals surface area contributed by atoms with E-state index in [9.17, 15) is 4.79 Å². The highest BCUT2D eigenvalue weighted by molar-refractivity contribution is 5.69. The molecule has 0 aromatic heterocycles. The second-order valence-corrected chi connectivity index (χ2v) is 9.39. The van der Waals surface area contributed by atoms with E-state index in [0.717, 1.165) is 61.3 Å². The van der Waals surface area contributed by atoms with Gasteiger partial charge >= 0.3 is 0 Å². The first-order valence-corrected chi connectivity index (χ1v) is 13.2. The molecule has 206 valence electrons. The van der Waals surface area contributed by atoms with Gasteiger partial charge in [-0.1, -0.05) is 19.9 Å². The summed E-state index contributed by atoms with van der Waals surface area (Å²) >= 11 is 0. The predicted molar refractivity (Wildman–Crippen MR) is 148 cm³/mol. The summed E-state index contributed by atoms with van der Waals surface area (Å²) in [6.45, 7) is 11.2. The number of aldehydes is 1. The third-order valence-corrected chi connectivity index (χ3v) is 6.49. The van der Waals surface area contributed by atoms with Crippen LogP contribution in [0.5, 0.6) is 28.7 Å². The molecule has 2 aromatic rings. The van der Waals surface area contributed by atoms with Gasteiger partial charge in [0, 0.05) is 18.0 Å². The molecule has 37 heavy (non-hydrogen) atoms. The summed E-state index contributed by atoms with van der Waals surface area (Å²) in [6, 6.07) is 8.09. The molecule has 0 heterocycles. The molecule has 7 heteroatoms. The Morgan fingerprint density at radius 3 is 2.11 bits per heavy atom. The lowest BCUT2D eigenvalue weighted by Crippen LogP contribution is -2.23. The standard InChI is InChI=1S/C30H45NO6/c1-9-36-25-14-13-22(18-26(25)37-10-2)15-17-31(5)16-11-12-23(20-32)24-19-27(33-6)29(34-7)30(35-8)28(24)21(3)4/h13-14,18-21,23H,9-12,15-17H2,1-8H3. The van der Waals surface area contributed by atoms with Gasteiger partial charge in [0.05, 0.1) is 34.5 Å². The van der Waals surface area contributed by atoms with Crippen molar-refractivity contribution < 1.29 is 28.5 Å². The Hall–Kier alpha value is -2.93. The molecule has 0 N–H and O–H groups in total. The van der Waals surface area contributed by atoms with Crippen LogP contribution in [-0.2, 0) is 11.2 Å². The number of benzene rings is 2. The normalized spacial score (nSPS) is 11.9. The smallest absolute Gasteiger partial charge is 0.203 e. The Kier molecular flexibility index (Phi) is 12.6. The number of likely N-dealkylation sites (N-methyl/N-ethyl adjacent to an activating group) is 1. The summed E-state index contributed by atoms with van der Waals surface area (Å²) < 4.78 is 28.3. The SMILES string of the molecule is CCOc1ccc(CCN(C)CCCC(C=O)c2cc(OC)c(OC)c(OC)c2C(C)C)cc1OCC. The minimum absolute atomic E-state index is 0.158. The van der Waals surface area contributed by atoms with E-state index in [-0.39, 0.29) is 11.8 Å². The summed E-state index contributed by atoms with van der Waals surface area (Å²) in [7, 11) is 6.94. The summed E-state index contributed by atoms with van der Waals surface area (Å²) in [6.07, 6.45) is 3.58. The first-order valence-electron chi connectivity index (χ1n) is 13.2. The highest BCUT2D eigenvalue weighted by Gasteiger charge is 2.26. The number of nitrogens with zero attached hydrogens (tertiary/aromatic N) is 1. The average molecular weight is 516 g/mol. The maximum Gasteiger partial charge on any atom is 0.203 e. The van der Waals surface area contributed by atoms with Gasteiger partial charge in [-0.2, -0.15) is 0 Å². The van der Waals surface area contributed by atoms with E-state index in [1.165, 1.54) is 5.56 Å². The fourth-order valence-electron chi connectivity index (χ4n) is 4.66. The van der Waals surface area contributed by atoms with Crippen LogP contribution in [0.2, 0.25) is 0 Å². The molecule has 1 atom stereocenters. The van der Waals surface area contributed by atoms with Gasteiger partial charge in [-0.3, -0.25) is 0 Å². The summed E-state index contributed by atoms with van der Waals surface area (Å²) in [4.78, 5) is 14.5. The fraction of sp³-hybridized carbons (Fsp3) is 0.567. The minimum atomic E-state index is -0.251. The highest BCUT2D eigenvalue weighted by atomic mass is 16.5. The number of carbonyl (C=O) groups excluding carboxylic acids is 1. The molecule has 0 aliphatic carbocycles. The number of methoxy groups -OCH3 is 3. The second-order valence-electron chi connectivity index (χ2n) is 9.39. The molecule has 7 nitrogen and oxygen atoms in total. The van der Waals surface area contributed by atoms with Gasteiger partial charge < -0.3 is 33.4 Å². The zero-order valence-electron chi connectivity index (χ0n) is 23.9. The van der Waals surface area contributed by atoms with Gasteiger partial charge in [-0.25, -0.2) is 0 Å². The van der Waals surface area contributed by atoms with Crippen LogP contribution in [0.4, 0.5) is 0 Å². The Morgan fingerprint density at radius 1 is 0.865 bits per heavy atom. The molecule has 0 aliphatic heterocycles. The third kappa shape index (κ3) is 8.03. The first-order chi connectivity index (χ1) is 17.8. The third-order valence-electron chi connectivity index (χ3n) is 6.49. The topological polar surface area (TPSA) is 66.5 Å². The predicted octanol–water partition coefficient (Wildman–Crippen LogP) is 5.87. The van der Waals surface area contributed by atoms with Gasteiger partial charge in [-0.15, -0.1) is 0 Å². The van der Waals surface area contributed by atoms with Crippen LogP contribution >= 0.6 is 0 Å². The lowest BCUT2D eigenvalue weighted by molar-refractivity contribution is -0.109. The van der Waals surface area contributed by atoms with Crippen molar-refractivity contribution in [3.05, 3.63) is 41.0 Å². The first kappa shape index (κ1) is 30.3. The summed E-state index contributed by atoms with van der Waals surface area (Å²) in [5.41, 5.74) is 3.15. The van der Waals surface area contributed by atoms with Crippen molar-refractivity contribution in [1.29, 1.82) is 0 Å². The monoisotopic (exact) mass is 515 g/mol. The van der Waals surface area contributed by atoms with Crippen LogP contribution in [0.3, 0.4) is 0 Å². The van der Waals surface area contributed by atoms with Crippen molar-refractivity contribution in [2.24, 2.45) is 0 Å². The molecule has 0 amide bonds. The Morgan fingerprint density at radius 2 is 1.54 bits per heavy atom. The van der Waals surface area contributed by atoms with Crippen LogP contribution in [0.1, 0.15) is 69.1 Å². The zero-order valence-corrected chi connectivity index (χ0v) is 23.9. The maximum absolute atomic E-state index is 12.2. The second kappa shape index (κ2) is 15.4. The van der Waals surface area contributed by atoms with Gasteiger partial charge in [0.15, 0.2) is 23.0 Å². The molecule has 0 fully saturated rings. The Balaban J connectivity index is 2.06. The number of hydrogen-bond acceptors (Lipinski definition) is 7. The number of ether oxygens (including phenoxy) is 5. The van der Waals surface area contributed by atoms with Gasteiger partial charge in [0.25, 0.3) is 0 Å². The number of hydrogen-bond donors (Lipinski definition) is 0. The molecule has 0 saturated carbocycles. The number of rotatable bonds is 17. The minimum Gasteiger partial charge on any atom is -0.493 e. The zero-order chi connectivity index (χ0) is 27.4. The molecule has 2 aromatic carbocycles. The fourth-order valence-corrected chi connectivity index (χ4v) is 4.66. The molecular formula is C30H45NO6. The van der Waals surface area contributed by atoms with E-state index in [1.807, 2.05) is 26.0 Å². The van der Waals surface area contributed by atoms with Crippen molar-refractivity contribution in [1.82, 2.24) is 4.90 Å². The molecule has 0 bridgehead atoms. The van der Waals surface area contributed by atoms with Crippen molar-refractivity contribution >= 4 is 6.29 Å². The molecule has 0 saturated heterocycles. The van der Waals surface area contributed by atoms with E-state index in [2.05, 4.69) is 37.9 Å². The van der Waals surface area contributed by atoms with E-state index in [1.54, 1.807) is 21.3 Å². The van der Waals surface area contributed by atoms with Crippen molar-refractivity contribution in [2.75, 3.05) is 54.7 Å². The van der Waals surface area contributed by atoms with Crippen LogP contribution in [0, 0.1) is 0 Å². The largest absolute Gasteiger partial charge is 0.493 e. The maximum atomic E-state index is 12.2.